The first-order chi connectivity index (χ1) is 9.29. The molecule has 0 amide bonds. The summed E-state index contributed by atoms with van der Waals surface area (Å²) in [6, 6.07) is 4.29. The number of nitrogens with zero attached hydrogens (tertiary/aromatic N) is 3. The summed E-state index contributed by atoms with van der Waals surface area (Å²) in [7, 11) is 0. The Morgan fingerprint density at radius 1 is 1.16 bits per heavy atom. The molecule has 2 aromatic heterocycles. The average molecular weight is 256 g/mol. The van der Waals surface area contributed by atoms with Gasteiger partial charge in [-0.2, -0.15) is 0 Å². The summed E-state index contributed by atoms with van der Waals surface area (Å²) in [4.78, 5) is 12.9. The van der Waals surface area contributed by atoms with Crippen molar-refractivity contribution in [2.45, 2.75) is 32.7 Å². The first-order valence-corrected chi connectivity index (χ1v) is 6.70. The first-order valence-electron chi connectivity index (χ1n) is 6.70. The third-order valence-electron chi connectivity index (χ3n) is 2.99. The highest BCUT2D eigenvalue weighted by atomic mass is 14.9. The molecule has 1 atom stereocenters. The van der Waals surface area contributed by atoms with Crippen LogP contribution in [0.3, 0.4) is 0 Å². The van der Waals surface area contributed by atoms with Gasteiger partial charge >= 0.3 is 0 Å². The highest BCUT2D eigenvalue weighted by Gasteiger charge is 2.13. The molecule has 0 spiro atoms. The molecule has 0 aliphatic heterocycles. The van der Waals surface area contributed by atoms with Crippen molar-refractivity contribution in [3.8, 4) is 0 Å². The van der Waals surface area contributed by atoms with Crippen LogP contribution in [0.1, 0.15) is 36.3 Å². The zero-order valence-corrected chi connectivity index (χ0v) is 11.5. The Balaban J connectivity index is 2.13. The zero-order valence-electron chi connectivity index (χ0n) is 11.5. The van der Waals surface area contributed by atoms with E-state index in [0.29, 0.717) is 0 Å². The number of nitrogens with one attached hydrogen (secondary N) is 1. The molecule has 2 aromatic rings. The molecule has 0 aromatic carbocycles. The Morgan fingerprint density at radius 3 is 2.58 bits per heavy atom. The standard InChI is InChI=1S/C15H20N4/c1-3-6-17-14(9-13-4-7-16-8-5-13)15-11-18-12(2)10-19-15/h4-5,7-8,10-11,14,17H,3,6,9H2,1-2H3. The molecule has 0 saturated carbocycles. The predicted molar refractivity (Wildman–Crippen MR) is 75.7 cm³/mol. The van der Waals surface area contributed by atoms with Crippen molar-refractivity contribution in [2.75, 3.05) is 6.54 Å². The summed E-state index contributed by atoms with van der Waals surface area (Å²) in [5.74, 6) is 0. The topological polar surface area (TPSA) is 50.7 Å². The van der Waals surface area contributed by atoms with Gasteiger partial charge in [0.15, 0.2) is 0 Å². The van der Waals surface area contributed by atoms with Gasteiger partial charge in [0.1, 0.15) is 0 Å². The van der Waals surface area contributed by atoms with Crippen molar-refractivity contribution in [2.24, 2.45) is 0 Å². The molecule has 0 aliphatic carbocycles. The highest BCUT2D eigenvalue weighted by molar-refractivity contribution is 5.15. The van der Waals surface area contributed by atoms with E-state index in [2.05, 4.69) is 27.2 Å². The Kier molecular flexibility index (Phi) is 4.98. The van der Waals surface area contributed by atoms with Crippen LogP contribution in [-0.4, -0.2) is 21.5 Å². The van der Waals surface area contributed by atoms with Gasteiger partial charge in [-0.3, -0.25) is 15.0 Å². The molecule has 0 fully saturated rings. The summed E-state index contributed by atoms with van der Waals surface area (Å²) >= 11 is 0. The predicted octanol–water partition coefficient (Wildman–Crippen LogP) is 2.46. The minimum Gasteiger partial charge on any atom is -0.308 e. The molecule has 19 heavy (non-hydrogen) atoms. The Morgan fingerprint density at radius 2 is 1.95 bits per heavy atom. The molecule has 0 radical (unpaired) electrons. The maximum absolute atomic E-state index is 4.49. The van der Waals surface area contributed by atoms with E-state index in [-0.39, 0.29) is 6.04 Å². The summed E-state index contributed by atoms with van der Waals surface area (Å²) in [6.07, 6.45) is 9.35. The van der Waals surface area contributed by atoms with Gasteiger partial charge in [0, 0.05) is 18.6 Å². The van der Waals surface area contributed by atoms with Gasteiger partial charge in [0.05, 0.1) is 23.6 Å². The molecule has 2 heterocycles. The van der Waals surface area contributed by atoms with Crippen molar-refractivity contribution < 1.29 is 0 Å². The average Bonchev–Trinajstić information content (AvgIpc) is 2.45. The molecule has 100 valence electrons. The molecule has 4 nitrogen and oxygen atoms in total. The quantitative estimate of drug-likeness (QED) is 0.862. The van der Waals surface area contributed by atoms with Crippen molar-refractivity contribution in [1.29, 1.82) is 0 Å². The van der Waals surface area contributed by atoms with Crippen molar-refractivity contribution in [3.63, 3.8) is 0 Å². The van der Waals surface area contributed by atoms with Gasteiger partial charge in [-0.05, 0) is 44.0 Å². The second-order valence-corrected chi connectivity index (χ2v) is 4.65. The van der Waals surface area contributed by atoms with Crippen molar-refractivity contribution in [1.82, 2.24) is 20.3 Å². The summed E-state index contributed by atoms with van der Waals surface area (Å²) < 4.78 is 0. The third kappa shape index (κ3) is 4.10. The van der Waals surface area contributed by atoms with E-state index in [4.69, 9.17) is 0 Å². The van der Waals surface area contributed by atoms with Crippen LogP contribution in [0.5, 0.6) is 0 Å². The second-order valence-electron chi connectivity index (χ2n) is 4.65. The molecule has 0 bridgehead atoms. The lowest BCUT2D eigenvalue weighted by molar-refractivity contribution is 0.515. The Bertz CT molecular complexity index is 481. The molecule has 1 unspecified atom stereocenters. The second kappa shape index (κ2) is 6.95. The van der Waals surface area contributed by atoms with E-state index >= 15 is 0 Å². The van der Waals surface area contributed by atoms with E-state index < -0.39 is 0 Å². The van der Waals surface area contributed by atoms with Crippen LogP contribution in [0.4, 0.5) is 0 Å². The van der Waals surface area contributed by atoms with Crippen LogP contribution < -0.4 is 5.32 Å². The minimum absolute atomic E-state index is 0.204. The normalized spacial score (nSPS) is 12.3. The van der Waals surface area contributed by atoms with Gasteiger partial charge in [-0.1, -0.05) is 6.92 Å². The lowest BCUT2D eigenvalue weighted by atomic mass is 10.0. The zero-order chi connectivity index (χ0) is 13.5. The molecule has 0 aliphatic rings. The number of hydrogen-bond donors (Lipinski definition) is 1. The number of pyridine rings is 1. The van der Waals surface area contributed by atoms with Gasteiger partial charge in [-0.25, -0.2) is 0 Å². The monoisotopic (exact) mass is 256 g/mol. The number of aromatic nitrogens is 3. The van der Waals surface area contributed by atoms with E-state index in [0.717, 1.165) is 30.8 Å². The largest absolute Gasteiger partial charge is 0.308 e. The van der Waals surface area contributed by atoms with Gasteiger partial charge < -0.3 is 5.32 Å². The van der Waals surface area contributed by atoms with Crippen LogP contribution in [-0.2, 0) is 6.42 Å². The van der Waals surface area contributed by atoms with Crippen LogP contribution >= 0.6 is 0 Å². The smallest absolute Gasteiger partial charge is 0.0759 e. The lowest BCUT2D eigenvalue weighted by Crippen LogP contribution is -2.25. The maximum Gasteiger partial charge on any atom is 0.0759 e. The van der Waals surface area contributed by atoms with Gasteiger partial charge in [0.25, 0.3) is 0 Å². The van der Waals surface area contributed by atoms with Gasteiger partial charge in [-0.15, -0.1) is 0 Å². The fourth-order valence-electron chi connectivity index (χ4n) is 1.94. The van der Waals surface area contributed by atoms with E-state index in [9.17, 15) is 0 Å². The van der Waals surface area contributed by atoms with Crippen LogP contribution in [0.25, 0.3) is 0 Å². The molecule has 2 rings (SSSR count). The maximum atomic E-state index is 4.49. The van der Waals surface area contributed by atoms with Crippen LogP contribution in [0.15, 0.2) is 36.9 Å². The Hall–Kier alpha value is -1.81. The summed E-state index contributed by atoms with van der Waals surface area (Å²) in [5.41, 5.74) is 3.20. The fraction of sp³-hybridized carbons (Fsp3) is 0.400. The van der Waals surface area contributed by atoms with E-state index in [1.807, 2.05) is 43.8 Å². The molecule has 0 saturated heterocycles. The molecular weight excluding hydrogens is 236 g/mol. The summed E-state index contributed by atoms with van der Waals surface area (Å²) in [5, 5.41) is 3.53. The molecular formula is C15H20N4. The van der Waals surface area contributed by atoms with E-state index in [1.165, 1.54) is 5.56 Å². The summed E-state index contributed by atoms with van der Waals surface area (Å²) in [6.45, 7) is 5.09. The van der Waals surface area contributed by atoms with Crippen molar-refractivity contribution >= 4 is 0 Å². The number of hydrogen-bond acceptors (Lipinski definition) is 4. The van der Waals surface area contributed by atoms with Gasteiger partial charge in [0.2, 0.25) is 0 Å². The fourth-order valence-corrected chi connectivity index (χ4v) is 1.94. The minimum atomic E-state index is 0.204. The SMILES string of the molecule is CCCNC(Cc1ccncc1)c1cnc(C)cn1. The van der Waals surface area contributed by atoms with Crippen LogP contribution in [0, 0.1) is 6.92 Å². The highest BCUT2D eigenvalue weighted by Crippen LogP contribution is 2.15. The first kappa shape index (κ1) is 13.6. The third-order valence-corrected chi connectivity index (χ3v) is 2.99. The Labute approximate surface area is 114 Å². The van der Waals surface area contributed by atoms with E-state index in [1.54, 1.807) is 0 Å². The molecule has 4 heteroatoms. The van der Waals surface area contributed by atoms with Crippen LogP contribution in [0.2, 0.25) is 0 Å². The van der Waals surface area contributed by atoms with Crippen molar-refractivity contribution in [3.05, 3.63) is 53.9 Å². The number of aryl methyl sites for hydroxylation is 1. The molecule has 1 N–H and O–H groups in total. The number of rotatable bonds is 6. The lowest BCUT2D eigenvalue weighted by Gasteiger charge is -2.17.